The number of hydrogen-bond donors (Lipinski definition) is 1. The number of benzene rings is 2. The monoisotopic (exact) mass is 357 g/mol. The van der Waals surface area contributed by atoms with Crippen molar-refractivity contribution >= 4 is 27.5 Å². The van der Waals surface area contributed by atoms with Crippen LogP contribution in [0.4, 0.5) is 4.39 Å². The van der Waals surface area contributed by atoms with Crippen LogP contribution in [0.2, 0.25) is 5.02 Å². The second-order valence-electron chi connectivity index (χ2n) is 4.61. The Morgan fingerprint density at radius 3 is 2.60 bits per heavy atom. The quantitative estimate of drug-likeness (QED) is 0.841. The van der Waals surface area contributed by atoms with Crippen molar-refractivity contribution < 1.29 is 9.13 Å². The van der Waals surface area contributed by atoms with E-state index in [1.807, 2.05) is 25.1 Å². The van der Waals surface area contributed by atoms with Gasteiger partial charge in [-0.25, -0.2) is 4.39 Å². The number of ether oxygens (including phenoxy) is 1. The first-order valence-electron chi connectivity index (χ1n) is 6.12. The Hall–Kier alpha value is -1.10. The molecule has 0 spiro atoms. The van der Waals surface area contributed by atoms with Crippen molar-refractivity contribution in [2.24, 2.45) is 5.73 Å². The predicted molar refractivity (Wildman–Crippen MR) is 83.0 cm³/mol. The van der Waals surface area contributed by atoms with Crippen molar-refractivity contribution in [1.82, 2.24) is 0 Å². The summed E-state index contributed by atoms with van der Waals surface area (Å²) in [5.41, 5.74) is 6.81. The molecule has 106 valence electrons. The van der Waals surface area contributed by atoms with Crippen LogP contribution < -0.4 is 10.5 Å². The summed E-state index contributed by atoms with van der Waals surface area (Å²) in [5, 5.41) is 0.236. The molecule has 2 N–H and O–H groups in total. The normalized spacial score (nSPS) is 12.2. The summed E-state index contributed by atoms with van der Waals surface area (Å²) in [6.45, 7) is 1.93. The van der Waals surface area contributed by atoms with Crippen LogP contribution in [-0.2, 0) is 6.42 Å². The van der Waals surface area contributed by atoms with Gasteiger partial charge in [0.25, 0.3) is 0 Å². The van der Waals surface area contributed by atoms with Gasteiger partial charge in [0.05, 0.1) is 5.02 Å². The lowest BCUT2D eigenvalue weighted by molar-refractivity contribution is 0.472. The molecule has 0 aliphatic rings. The van der Waals surface area contributed by atoms with Gasteiger partial charge in [-0.2, -0.15) is 0 Å². The lowest BCUT2D eigenvalue weighted by Crippen LogP contribution is -2.18. The van der Waals surface area contributed by atoms with E-state index in [9.17, 15) is 4.39 Å². The van der Waals surface area contributed by atoms with E-state index in [4.69, 9.17) is 22.1 Å². The van der Waals surface area contributed by atoms with Gasteiger partial charge in [0.1, 0.15) is 17.3 Å². The standard InChI is InChI=1S/C15H14BrClFNO/c1-9(19)6-10-7-11(16)2-4-14(10)20-15-5-3-12(18)8-13(15)17/h2-5,7-9H,6,19H2,1H3. The summed E-state index contributed by atoms with van der Waals surface area (Å²) in [6, 6.07) is 9.71. The number of halogens is 3. The van der Waals surface area contributed by atoms with Crippen LogP contribution in [0.3, 0.4) is 0 Å². The van der Waals surface area contributed by atoms with Crippen LogP contribution in [0.25, 0.3) is 0 Å². The molecule has 1 atom stereocenters. The first-order chi connectivity index (χ1) is 9.45. The molecule has 0 aliphatic carbocycles. The summed E-state index contributed by atoms with van der Waals surface area (Å²) in [7, 11) is 0. The Labute approximate surface area is 130 Å². The second-order valence-corrected chi connectivity index (χ2v) is 5.93. The summed E-state index contributed by atoms with van der Waals surface area (Å²) in [6.07, 6.45) is 0.674. The molecule has 0 saturated heterocycles. The third-order valence-corrected chi connectivity index (χ3v) is 3.47. The van der Waals surface area contributed by atoms with E-state index in [-0.39, 0.29) is 11.1 Å². The zero-order valence-electron chi connectivity index (χ0n) is 10.9. The van der Waals surface area contributed by atoms with Crippen molar-refractivity contribution in [2.75, 3.05) is 0 Å². The molecule has 20 heavy (non-hydrogen) atoms. The third-order valence-electron chi connectivity index (χ3n) is 2.68. The van der Waals surface area contributed by atoms with Gasteiger partial charge in [-0.05, 0) is 55.3 Å². The van der Waals surface area contributed by atoms with Crippen LogP contribution in [0, 0.1) is 5.82 Å². The van der Waals surface area contributed by atoms with E-state index >= 15 is 0 Å². The highest BCUT2D eigenvalue weighted by Crippen LogP contribution is 2.33. The molecular weight excluding hydrogens is 345 g/mol. The molecule has 0 aliphatic heterocycles. The fraction of sp³-hybridized carbons (Fsp3) is 0.200. The van der Waals surface area contributed by atoms with Crippen molar-refractivity contribution in [3.8, 4) is 11.5 Å². The van der Waals surface area contributed by atoms with Crippen molar-refractivity contribution in [2.45, 2.75) is 19.4 Å². The topological polar surface area (TPSA) is 35.2 Å². The first kappa shape index (κ1) is 15.3. The molecule has 5 heteroatoms. The van der Waals surface area contributed by atoms with Gasteiger partial charge in [0.15, 0.2) is 0 Å². The minimum Gasteiger partial charge on any atom is -0.456 e. The molecular formula is C15H14BrClFNO. The van der Waals surface area contributed by atoms with Gasteiger partial charge >= 0.3 is 0 Å². The van der Waals surface area contributed by atoms with E-state index in [0.717, 1.165) is 10.0 Å². The molecule has 0 saturated carbocycles. The Morgan fingerprint density at radius 1 is 1.25 bits per heavy atom. The molecule has 0 amide bonds. The molecule has 2 nitrogen and oxygen atoms in total. The van der Waals surface area contributed by atoms with Crippen LogP contribution in [0.5, 0.6) is 11.5 Å². The Bertz CT molecular complexity index is 619. The van der Waals surface area contributed by atoms with Gasteiger partial charge < -0.3 is 10.5 Å². The SMILES string of the molecule is CC(N)Cc1cc(Br)ccc1Oc1ccc(F)cc1Cl. The van der Waals surface area contributed by atoms with E-state index in [1.54, 1.807) is 0 Å². The minimum atomic E-state index is -0.394. The summed E-state index contributed by atoms with van der Waals surface area (Å²) in [5.74, 6) is 0.689. The summed E-state index contributed by atoms with van der Waals surface area (Å²) in [4.78, 5) is 0. The maximum absolute atomic E-state index is 13.0. The van der Waals surface area contributed by atoms with Crippen molar-refractivity contribution in [3.63, 3.8) is 0 Å². The van der Waals surface area contributed by atoms with Crippen LogP contribution in [0.15, 0.2) is 40.9 Å². The van der Waals surface area contributed by atoms with Crippen molar-refractivity contribution in [3.05, 3.63) is 57.3 Å². The second kappa shape index (κ2) is 6.57. The highest BCUT2D eigenvalue weighted by molar-refractivity contribution is 9.10. The molecule has 0 radical (unpaired) electrons. The highest BCUT2D eigenvalue weighted by Gasteiger charge is 2.10. The molecule has 2 aromatic carbocycles. The van der Waals surface area contributed by atoms with Crippen LogP contribution in [-0.4, -0.2) is 6.04 Å². The lowest BCUT2D eigenvalue weighted by atomic mass is 10.1. The Balaban J connectivity index is 2.32. The summed E-state index contributed by atoms with van der Waals surface area (Å²) < 4.78 is 19.8. The molecule has 0 bridgehead atoms. The lowest BCUT2D eigenvalue weighted by Gasteiger charge is -2.14. The summed E-state index contributed by atoms with van der Waals surface area (Å²) >= 11 is 9.39. The number of rotatable bonds is 4. The van der Waals surface area contributed by atoms with Crippen molar-refractivity contribution in [1.29, 1.82) is 0 Å². The van der Waals surface area contributed by atoms with Crippen LogP contribution >= 0.6 is 27.5 Å². The average molecular weight is 359 g/mol. The molecule has 2 rings (SSSR count). The van der Waals surface area contributed by atoms with E-state index < -0.39 is 5.82 Å². The number of hydrogen-bond acceptors (Lipinski definition) is 2. The molecule has 0 fully saturated rings. The van der Waals surface area contributed by atoms with Gasteiger partial charge in [-0.3, -0.25) is 0 Å². The van der Waals surface area contributed by atoms with Gasteiger partial charge in [0, 0.05) is 10.5 Å². The fourth-order valence-corrected chi connectivity index (χ4v) is 2.44. The third kappa shape index (κ3) is 3.95. The average Bonchev–Trinajstić information content (AvgIpc) is 2.34. The predicted octanol–water partition coefficient (Wildman–Crippen LogP) is 4.92. The molecule has 0 heterocycles. The van der Waals surface area contributed by atoms with E-state index in [0.29, 0.717) is 17.9 Å². The molecule has 1 unspecified atom stereocenters. The largest absolute Gasteiger partial charge is 0.456 e. The van der Waals surface area contributed by atoms with Gasteiger partial charge in [-0.15, -0.1) is 0 Å². The zero-order valence-corrected chi connectivity index (χ0v) is 13.2. The molecule has 0 aromatic heterocycles. The smallest absolute Gasteiger partial charge is 0.146 e. The van der Waals surface area contributed by atoms with E-state index in [1.165, 1.54) is 18.2 Å². The Kier molecular flexibility index (Phi) is 5.02. The highest BCUT2D eigenvalue weighted by atomic mass is 79.9. The maximum Gasteiger partial charge on any atom is 0.146 e. The van der Waals surface area contributed by atoms with Gasteiger partial charge in [0.2, 0.25) is 0 Å². The van der Waals surface area contributed by atoms with Crippen LogP contribution in [0.1, 0.15) is 12.5 Å². The molecule has 2 aromatic rings. The van der Waals surface area contributed by atoms with Gasteiger partial charge in [-0.1, -0.05) is 27.5 Å². The first-order valence-corrected chi connectivity index (χ1v) is 7.29. The Morgan fingerprint density at radius 2 is 1.95 bits per heavy atom. The fourth-order valence-electron chi connectivity index (χ4n) is 1.83. The zero-order chi connectivity index (χ0) is 14.7. The maximum atomic E-state index is 13.0. The van der Waals surface area contributed by atoms with E-state index in [2.05, 4.69) is 15.9 Å². The number of nitrogens with two attached hydrogens (primary N) is 1. The minimum absolute atomic E-state index is 0.00957.